The van der Waals surface area contributed by atoms with E-state index in [0.717, 1.165) is 38.1 Å². The summed E-state index contributed by atoms with van der Waals surface area (Å²) in [5, 5.41) is 12.4. The number of likely N-dealkylation sites (tertiary alicyclic amines) is 1. The Balaban J connectivity index is 1.74. The quantitative estimate of drug-likeness (QED) is 0.823. The molecule has 0 spiro atoms. The Labute approximate surface area is 116 Å². The first-order chi connectivity index (χ1) is 9.24. The molecule has 1 aliphatic carbocycles. The number of carbonyl (C=O) groups excluding carboxylic acids is 1. The summed E-state index contributed by atoms with van der Waals surface area (Å²) in [4.78, 5) is 14.0. The van der Waals surface area contributed by atoms with Crippen molar-refractivity contribution in [3.8, 4) is 0 Å². The average molecular weight is 268 g/mol. The van der Waals surface area contributed by atoms with E-state index in [4.69, 9.17) is 0 Å². The number of nitrogens with zero attached hydrogens (tertiary/aromatic N) is 1. The van der Waals surface area contributed by atoms with Crippen molar-refractivity contribution in [2.75, 3.05) is 13.2 Å². The van der Waals surface area contributed by atoms with E-state index in [1.165, 1.54) is 25.7 Å². The molecule has 2 rings (SSSR count). The van der Waals surface area contributed by atoms with Crippen LogP contribution in [0.4, 0.5) is 4.79 Å². The monoisotopic (exact) mass is 268 g/mol. The molecule has 2 aliphatic rings. The molecule has 0 aromatic rings. The van der Waals surface area contributed by atoms with Crippen LogP contribution in [0.25, 0.3) is 0 Å². The molecule has 1 unspecified atom stereocenters. The SMILES string of the molecule is CCCC1CCC(NC(=O)N2CCCC2CO)CC1. The third-order valence-electron chi connectivity index (χ3n) is 4.72. The molecule has 2 amide bonds. The molecule has 1 heterocycles. The van der Waals surface area contributed by atoms with Crippen LogP contribution in [-0.2, 0) is 0 Å². The zero-order valence-corrected chi connectivity index (χ0v) is 12.1. The number of aliphatic hydroxyl groups excluding tert-OH is 1. The number of urea groups is 1. The van der Waals surface area contributed by atoms with Gasteiger partial charge in [0, 0.05) is 12.6 Å². The lowest BCUT2D eigenvalue weighted by Gasteiger charge is -2.31. The lowest BCUT2D eigenvalue weighted by atomic mass is 9.83. The number of amides is 2. The summed E-state index contributed by atoms with van der Waals surface area (Å²) in [5.41, 5.74) is 0. The molecule has 0 bridgehead atoms. The average Bonchev–Trinajstić information content (AvgIpc) is 2.90. The maximum absolute atomic E-state index is 12.2. The van der Waals surface area contributed by atoms with E-state index in [2.05, 4.69) is 12.2 Å². The van der Waals surface area contributed by atoms with Crippen molar-refractivity contribution in [3.63, 3.8) is 0 Å². The molecule has 0 aromatic heterocycles. The van der Waals surface area contributed by atoms with E-state index in [9.17, 15) is 9.90 Å². The van der Waals surface area contributed by atoms with Gasteiger partial charge in [0.15, 0.2) is 0 Å². The highest BCUT2D eigenvalue weighted by molar-refractivity contribution is 5.75. The van der Waals surface area contributed by atoms with Gasteiger partial charge < -0.3 is 15.3 Å². The first kappa shape index (κ1) is 14.6. The zero-order chi connectivity index (χ0) is 13.7. The number of nitrogens with one attached hydrogen (secondary N) is 1. The van der Waals surface area contributed by atoms with E-state index in [1.807, 2.05) is 4.90 Å². The molecule has 19 heavy (non-hydrogen) atoms. The molecule has 4 nitrogen and oxygen atoms in total. The van der Waals surface area contributed by atoms with E-state index >= 15 is 0 Å². The first-order valence-corrected chi connectivity index (χ1v) is 7.92. The molecule has 110 valence electrons. The normalized spacial score (nSPS) is 31.5. The number of carbonyl (C=O) groups is 1. The van der Waals surface area contributed by atoms with Crippen LogP contribution in [0.5, 0.6) is 0 Å². The standard InChI is InChI=1S/C15H28N2O2/c1-2-4-12-6-8-13(9-7-12)16-15(19)17-10-3-5-14(17)11-18/h12-14,18H,2-11H2,1H3,(H,16,19). The molecule has 2 fully saturated rings. The van der Waals surface area contributed by atoms with Crippen molar-refractivity contribution in [3.05, 3.63) is 0 Å². The molecule has 0 radical (unpaired) electrons. The molecule has 2 N–H and O–H groups in total. The molecular formula is C15H28N2O2. The van der Waals surface area contributed by atoms with Crippen LogP contribution in [0.2, 0.25) is 0 Å². The summed E-state index contributed by atoms with van der Waals surface area (Å²) in [6.07, 6.45) is 9.30. The second-order valence-corrected chi connectivity index (χ2v) is 6.13. The highest BCUT2D eigenvalue weighted by Crippen LogP contribution is 2.28. The van der Waals surface area contributed by atoms with Gasteiger partial charge in [0.05, 0.1) is 12.6 Å². The third-order valence-corrected chi connectivity index (χ3v) is 4.72. The van der Waals surface area contributed by atoms with Crippen LogP contribution in [0.15, 0.2) is 0 Å². The fourth-order valence-corrected chi connectivity index (χ4v) is 3.55. The number of hydrogen-bond acceptors (Lipinski definition) is 2. The summed E-state index contributed by atoms with van der Waals surface area (Å²) in [6, 6.07) is 0.424. The molecule has 1 atom stereocenters. The van der Waals surface area contributed by atoms with Gasteiger partial charge in [0.25, 0.3) is 0 Å². The number of rotatable bonds is 4. The highest BCUT2D eigenvalue weighted by atomic mass is 16.3. The predicted molar refractivity (Wildman–Crippen MR) is 76.0 cm³/mol. The van der Waals surface area contributed by atoms with Gasteiger partial charge in [-0.2, -0.15) is 0 Å². The minimum atomic E-state index is 0.0375. The molecule has 1 saturated heterocycles. The van der Waals surface area contributed by atoms with Gasteiger partial charge in [-0.15, -0.1) is 0 Å². The molecule has 1 saturated carbocycles. The van der Waals surface area contributed by atoms with Crippen molar-refractivity contribution in [2.45, 2.75) is 70.4 Å². The van der Waals surface area contributed by atoms with Crippen molar-refractivity contribution >= 4 is 6.03 Å². The van der Waals surface area contributed by atoms with Crippen molar-refractivity contribution in [2.24, 2.45) is 5.92 Å². The summed E-state index contributed by atoms with van der Waals surface area (Å²) in [6.45, 7) is 3.13. The van der Waals surface area contributed by atoms with Gasteiger partial charge in [-0.1, -0.05) is 19.8 Å². The van der Waals surface area contributed by atoms with Crippen LogP contribution in [0, 0.1) is 5.92 Å². The van der Waals surface area contributed by atoms with Gasteiger partial charge in [-0.05, 0) is 44.4 Å². The lowest BCUT2D eigenvalue weighted by Crippen LogP contribution is -2.48. The Morgan fingerprint density at radius 2 is 2.00 bits per heavy atom. The Morgan fingerprint density at radius 3 is 2.63 bits per heavy atom. The fourth-order valence-electron chi connectivity index (χ4n) is 3.55. The fraction of sp³-hybridized carbons (Fsp3) is 0.933. The van der Waals surface area contributed by atoms with Crippen LogP contribution in [0.3, 0.4) is 0 Å². The van der Waals surface area contributed by atoms with Crippen molar-refractivity contribution < 1.29 is 9.90 Å². The topological polar surface area (TPSA) is 52.6 Å². The van der Waals surface area contributed by atoms with Crippen molar-refractivity contribution in [1.82, 2.24) is 10.2 Å². The lowest BCUT2D eigenvalue weighted by molar-refractivity contribution is 0.151. The summed E-state index contributed by atoms with van der Waals surface area (Å²) in [5.74, 6) is 0.870. The van der Waals surface area contributed by atoms with Gasteiger partial charge >= 0.3 is 6.03 Å². The Kier molecular flexibility index (Phi) is 5.49. The minimum absolute atomic E-state index is 0.0375. The third kappa shape index (κ3) is 3.85. The summed E-state index contributed by atoms with van der Waals surface area (Å²) < 4.78 is 0. The van der Waals surface area contributed by atoms with Crippen LogP contribution in [-0.4, -0.2) is 41.3 Å². The maximum atomic E-state index is 12.2. The number of hydrogen-bond donors (Lipinski definition) is 2. The Bertz CT molecular complexity index is 288. The second kappa shape index (κ2) is 7.13. The Hall–Kier alpha value is -0.770. The predicted octanol–water partition coefficient (Wildman–Crippen LogP) is 2.51. The van der Waals surface area contributed by atoms with Gasteiger partial charge in [0.1, 0.15) is 0 Å². The summed E-state index contributed by atoms with van der Waals surface area (Å²) >= 11 is 0. The number of aliphatic hydroxyl groups is 1. The first-order valence-electron chi connectivity index (χ1n) is 7.92. The van der Waals surface area contributed by atoms with Gasteiger partial charge in [-0.25, -0.2) is 4.79 Å². The van der Waals surface area contributed by atoms with E-state index in [1.54, 1.807) is 0 Å². The smallest absolute Gasteiger partial charge is 0.317 e. The molecule has 1 aliphatic heterocycles. The zero-order valence-electron chi connectivity index (χ0n) is 12.1. The van der Waals surface area contributed by atoms with Crippen LogP contribution in [0.1, 0.15) is 58.3 Å². The highest BCUT2D eigenvalue weighted by Gasteiger charge is 2.30. The van der Waals surface area contributed by atoms with E-state index in [-0.39, 0.29) is 18.7 Å². The van der Waals surface area contributed by atoms with Crippen LogP contribution >= 0.6 is 0 Å². The Morgan fingerprint density at radius 1 is 1.26 bits per heavy atom. The van der Waals surface area contributed by atoms with Gasteiger partial charge in [-0.3, -0.25) is 0 Å². The summed E-state index contributed by atoms with van der Waals surface area (Å²) in [7, 11) is 0. The molecule has 4 heteroatoms. The van der Waals surface area contributed by atoms with Crippen molar-refractivity contribution in [1.29, 1.82) is 0 Å². The molecular weight excluding hydrogens is 240 g/mol. The second-order valence-electron chi connectivity index (χ2n) is 6.13. The van der Waals surface area contributed by atoms with Crippen LogP contribution < -0.4 is 5.32 Å². The van der Waals surface area contributed by atoms with E-state index in [0.29, 0.717) is 6.04 Å². The van der Waals surface area contributed by atoms with E-state index < -0.39 is 0 Å². The largest absolute Gasteiger partial charge is 0.394 e. The maximum Gasteiger partial charge on any atom is 0.317 e. The minimum Gasteiger partial charge on any atom is -0.394 e. The van der Waals surface area contributed by atoms with Gasteiger partial charge in [0.2, 0.25) is 0 Å². The molecule has 0 aromatic carbocycles.